The number of thioether (sulfide) groups is 1. The van der Waals surface area contributed by atoms with Gasteiger partial charge in [-0.15, -0.1) is 11.8 Å². The van der Waals surface area contributed by atoms with Crippen LogP contribution in [-0.4, -0.2) is 11.8 Å². The molecule has 28 heavy (non-hydrogen) atoms. The van der Waals surface area contributed by atoms with E-state index in [1.54, 1.807) is 12.1 Å². The molecule has 0 aliphatic carbocycles. The van der Waals surface area contributed by atoms with E-state index >= 15 is 0 Å². The van der Waals surface area contributed by atoms with Gasteiger partial charge in [-0.1, -0.05) is 67.6 Å². The maximum absolute atomic E-state index is 12.8. The maximum atomic E-state index is 12.8. The van der Waals surface area contributed by atoms with E-state index in [-0.39, 0.29) is 11.8 Å². The van der Waals surface area contributed by atoms with Crippen LogP contribution in [0.25, 0.3) is 0 Å². The minimum absolute atomic E-state index is 0.279. The summed E-state index contributed by atoms with van der Waals surface area (Å²) in [5.41, 5.74) is 7.62. The van der Waals surface area contributed by atoms with Crippen LogP contribution in [-0.2, 0) is 11.2 Å². The van der Waals surface area contributed by atoms with Gasteiger partial charge in [-0.2, -0.15) is 0 Å². The molecular formula is C23H22N2O2S. The molecular weight excluding hydrogens is 368 g/mol. The molecule has 0 radical (unpaired) electrons. The van der Waals surface area contributed by atoms with Crippen LogP contribution in [0.3, 0.4) is 0 Å². The van der Waals surface area contributed by atoms with Gasteiger partial charge in [-0.25, -0.2) is 0 Å². The van der Waals surface area contributed by atoms with Crippen LogP contribution >= 0.6 is 11.8 Å². The second-order valence-corrected chi connectivity index (χ2v) is 7.39. The Bertz CT molecular complexity index is 912. The fourth-order valence-corrected chi connectivity index (χ4v) is 3.73. The first-order valence-corrected chi connectivity index (χ1v) is 10.0. The Morgan fingerprint density at radius 1 is 0.821 bits per heavy atom. The second kappa shape index (κ2) is 9.76. The molecule has 0 heterocycles. The third-order valence-electron chi connectivity index (χ3n) is 4.26. The van der Waals surface area contributed by atoms with Gasteiger partial charge in [-0.05, 0) is 41.8 Å². The summed E-state index contributed by atoms with van der Waals surface area (Å²) in [5.74, 6) is -0.619. The molecule has 3 rings (SSSR count). The van der Waals surface area contributed by atoms with Crippen LogP contribution in [0.2, 0.25) is 0 Å². The molecule has 5 heteroatoms. The predicted molar refractivity (Wildman–Crippen MR) is 113 cm³/mol. The molecule has 1 atom stereocenters. The summed E-state index contributed by atoms with van der Waals surface area (Å²) >= 11 is 1.44. The second-order valence-electron chi connectivity index (χ2n) is 6.22. The van der Waals surface area contributed by atoms with Crippen LogP contribution in [0.15, 0.2) is 89.8 Å². The minimum Gasteiger partial charge on any atom is -0.272 e. The molecule has 3 aromatic carbocycles. The molecule has 0 spiro atoms. The zero-order valence-electron chi connectivity index (χ0n) is 15.6. The van der Waals surface area contributed by atoms with Crippen molar-refractivity contribution in [2.45, 2.75) is 23.5 Å². The molecule has 0 unspecified atom stereocenters. The first kappa shape index (κ1) is 19.7. The van der Waals surface area contributed by atoms with E-state index in [2.05, 4.69) is 17.8 Å². The Morgan fingerprint density at radius 2 is 1.43 bits per heavy atom. The molecule has 142 valence electrons. The van der Waals surface area contributed by atoms with E-state index in [0.29, 0.717) is 5.56 Å². The Hall–Kier alpha value is -3.05. The van der Waals surface area contributed by atoms with Crippen LogP contribution in [0, 0.1) is 0 Å². The summed E-state index contributed by atoms with van der Waals surface area (Å²) in [6, 6.07) is 26.6. The molecule has 0 bridgehead atoms. The molecule has 0 saturated heterocycles. The molecule has 0 aliphatic rings. The van der Waals surface area contributed by atoms with Crippen molar-refractivity contribution < 1.29 is 9.59 Å². The topological polar surface area (TPSA) is 58.2 Å². The Labute approximate surface area is 169 Å². The van der Waals surface area contributed by atoms with Gasteiger partial charge in [0.15, 0.2) is 0 Å². The lowest BCUT2D eigenvalue weighted by molar-refractivity contribution is -0.121. The molecule has 4 nitrogen and oxygen atoms in total. The first-order chi connectivity index (χ1) is 13.7. The standard InChI is InChI=1S/C23H22N2O2S/c1-2-17-13-15-19(16-14-17)22(26)24-25-23(27)21(18-9-5-3-6-10-18)28-20-11-7-4-8-12-20/h3-16,21H,2H2,1H3,(H,24,26)(H,25,27)/t21-/m0/s1. The number of carbonyl (C=O) groups is 2. The highest BCUT2D eigenvalue weighted by Gasteiger charge is 2.22. The van der Waals surface area contributed by atoms with Crippen molar-refractivity contribution in [2.24, 2.45) is 0 Å². The lowest BCUT2D eigenvalue weighted by atomic mass is 10.1. The highest BCUT2D eigenvalue weighted by atomic mass is 32.2. The number of hydrogen-bond donors (Lipinski definition) is 2. The van der Waals surface area contributed by atoms with Crippen molar-refractivity contribution in [1.29, 1.82) is 0 Å². The van der Waals surface area contributed by atoms with Gasteiger partial charge in [0.2, 0.25) is 0 Å². The zero-order valence-corrected chi connectivity index (χ0v) is 16.4. The van der Waals surface area contributed by atoms with Crippen molar-refractivity contribution in [1.82, 2.24) is 10.9 Å². The smallest absolute Gasteiger partial charge is 0.269 e. The molecule has 2 amide bonds. The number of hydrazine groups is 1. The van der Waals surface area contributed by atoms with Gasteiger partial charge in [0.05, 0.1) is 0 Å². The van der Waals surface area contributed by atoms with Gasteiger partial charge in [0.25, 0.3) is 11.8 Å². The average Bonchev–Trinajstić information content (AvgIpc) is 2.77. The third-order valence-corrected chi connectivity index (χ3v) is 5.53. The number of aryl methyl sites for hydroxylation is 1. The van der Waals surface area contributed by atoms with E-state index < -0.39 is 5.25 Å². The van der Waals surface area contributed by atoms with Crippen molar-refractivity contribution >= 4 is 23.6 Å². The maximum Gasteiger partial charge on any atom is 0.269 e. The van der Waals surface area contributed by atoms with Crippen LogP contribution in [0.1, 0.15) is 33.7 Å². The van der Waals surface area contributed by atoms with E-state index in [4.69, 9.17) is 0 Å². The monoisotopic (exact) mass is 390 g/mol. The fraction of sp³-hybridized carbons (Fsp3) is 0.130. The molecule has 3 aromatic rings. The van der Waals surface area contributed by atoms with Crippen molar-refractivity contribution in [3.63, 3.8) is 0 Å². The van der Waals surface area contributed by atoms with E-state index in [1.165, 1.54) is 11.8 Å². The normalized spacial score (nSPS) is 11.5. The molecule has 0 saturated carbocycles. The van der Waals surface area contributed by atoms with Gasteiger partial charge in [-0.3, -0.25) is 20.4 Å². The van der Waals surface area contributed by atoms with Gasteiger partial charge < -0.3 is 0 Å². The number of hydrogen-bond acceptors (Lipinski definition) is 3. The molecule has 0 fully saturated rings. The van der Waals surface area contributed by atoms with Gasteiger partial charge in [0.1, 0.15) is 5.25 Å². The van der Waals surface area contributed by atoms with Crippen molar-refractivity contribution in [3.8, 4) is 0 Å². The van der Waals surface area contributed by atoms with Crippen molar-refractivity contribution in [2.75, 3.05) is 0 Å². The van der Waals surface area contributed by atoms with E-state index in [0.717, 1.165) is 22.4 Å². The first-order valence-electron chi connectivity index (χ1n) is 9.13. The molecule has 0 aromatic heterocycles. The predicted octanol–water partition coefficient (Wildman–Crippen LogP) is 4.54. The Balaban J connectivity index is 1.69. The summed E-state index contributed by atoms with van der Waals surface area (Å²) in [5, 5.41) is -0.480. The van der Waals surface area contributed by atoms with Crippen molar-refractivity contribution in [3.05, 3.63) is 102 Å². The highest BCUT2D eigenvalue weighted by molar-refractivity contribution is 8.00. The van der Waals surface area contributed by atoms with E-state index in [1.807, 2.05) is 72.8 Å². The van der Waals surface area contributed by atoms with Crippen LogP contribution < -0.4 is 10.9 Å². The quantitative estimate of drug-likeness (QED) is 0.480. The van der Waals surface area contributed by atoms with E-state index in [9.17, 15) is 9.59 Å². The summed E-state index contributed by atoms with van der Waals surface area (Å²) in [4.78, 5) is 26.2. The lowest BCUT2D eigenvalue weighted by Crippen LogP contribution is -2.43. The summed E-state index contributed by atoms with van der Waals surface area (Å²) < 4.78 is 0. The zero-order chi connectivity index (χ0) is 19.8. The number of nitrogens with one attached hydrogen (secondary N) is 2. The summed E-state index contributed by atoms with van der Waals surface area (Å²) in [7, 11) is 0. The number of carbonyl (C=O) groups excluding carboxylic acids is 2. The number of rotatable bonds is 6. The fourth-order valence-electron chi connectivity index (χ4n) is 2.68. The molecule has 0 aliphatic heterocycles. The van der Waals surface area contributed by atoms with Crippen LogP contribution in [0.4, 0.5) is 0 Å². The Morgan fingerprint density at radius 3 is 2.04 bits per heavy atom. The minimum atomic E-state index is -0.480. The van der Waals surface area contributed by atoms with Gasteiger partial charge in [0, 0.05) is 10.5 Å². The van der Waals surface area contributed by atoms with Gasteiger partial charge >= 0.3 is 0 Å². The highest BCUT2D eigenvalue weighted by Crippen LogP contribution is 2.35. The SMILES string of the molecule is CCc1ccc(C(=O)NNC(=O)[C@@H](Sc2ccccc2)c2ccccc2)cc1. The summed E-state index contributed by atoms with van der Waals surface area (Å²) in [6.07, 6.45) is 0.911. The number of benzene rings is 3. The Kier molecular flexibility index (Phi) is 6.87. The number of amides is 2. The third kappa shape index (κ3) is 5.24. The summed E-state index contributed by atoms with van der Waals surface area (Å²) in [6.45, 7) is 2.06. The molecule has 2 N–H and O–H groups in total. The largest absolute Gasteiger partial charge is 0.272 e. The lowest BCUT2D eigenvalue weighted by Gasteiger charge is -2.17. The average molecular weight is 391 g/mol. The van der Waals surface area contributed by atoms with Crippen LogP contribution in [0.5, 0.6) is 0 Å².